The van der Waals surface area contributed by atoms with Crippen LogP contribution < -0.4 is 5.32 Å². The Labute approximate surface area is 182 Å². The van der Waals surface area contributed by atoms with Crippen molar-refractivity contribution in [2.45, 2.75) is 12.0 Å². The van der Waals surface area contributed by atoms with E-state index in [2.05, 4.69) is 34.2 Å². The van der Waals surface area contributed by atoms with Crippen molar-refractivity contribution in [2.75, 3.05) is 65.4 Å². The second-order valence-corrected chi connectivity index (χ2v) is 8.18. The van der Waals surface area contributed by atoms with Crippen molar-refractivity contribution in [1.29, 1.82) is 0 Å². The molecule has 3 rings (SSSR count). The number of carbonyl (C=O) groups excluding carboxylic acids is 1. The third-order valence-electron chi connectivity index (χ3n) is 5.42. The number of furan rings is 1. The van der Waals surface area contributed by atoms with Gasteiger partial charge in [0.2, 0.25) is 0 Å². The zero-order valence-electron chi connectivity index (χ0n) is 16.3. The van der Waals surface area contributed by atoms with Gasteiger partial charge < -0.3 is 24.4 Å². The van der Waals surface area contributed by atoms with Gasteiger partial charge in [0, 0.05) is 51.1 Å². The number of thioether (sulfide) groups is 1. The number of guanidine groups is 1. The van der Waals surface area contributed by atoms with Gasteiger partial charge in [0.25, 0.3) is 5.91 Å². The summed E-state index contributed by atoms with van der Waals surface area (Å²) in [5.41, 5.74) is 0.192. The summed E-state index contributed by atoms with van der Waals surface area (Å²) in [6, 6.07) is 3.46. The zero-order chi connectivity index (χ0) is 18.6. The van der Waals surface area contributed by atoms with E-state index >= 15 is 0 Å². The van der Waals surface area contributed by atoms with Gasteiger partial charge in [-0.3, -0.25) is 9.79 Å². The van der Waals surface area contributed by atoms with E-state index in [0.29, 0.717) is 18.8 Å². The summed E-state index contributed by atoms with van der Waals surface area (Å²) in [5, 5.41) is 3.57. The number of likely N-dealkylation sites (N-methyl/N-ethyl adjacent to an activating group) is 1. The molecule has 0 spiro atoms. The number of piperazine rings is 1. The first-order chi connectivity index (χ1) is 12.6. The molecule has 152 valence electrons. The van der Waals surface area contributed by atoms with Gasteiger partial charge in [0.1, 0.15) is 0 Å². The van der Waals surface area contributed by atoms with Crippen molar-refractivity contribution < 1.29 is 9.21 Å². The third kappa shape index (κ3) is 5.11. The monoisotopic (exact) mass is 507 g/mol. The van der Waals surface area contributed by atoms with Crippen molar-refractivity contribution in [1.82, 2.24) is 20.0 Å². The average Bonchev–Trinajstić information content (AvgIpc) is 3.35. The Balaban J connectivity index is 0.00000261. The number of nitrogens with one attached hydrogen (secondary N) is 1. The molecule has 2 fully saturated rings. The number of hydrogen-bond acceptors (Lipinski definition) is 5. The summed E-state index contributed by atoms with van der Waals surface area (Å²) < 4.78 is 5.23. The van der Waals surface area contributed by atoms with E-state index in [1.807, 2.05) is 23.7 Å². The van der Waals surface area contributed by atoms with E-state index in [0.717, 1.165) is 31.3 Å². The molecule has 0 aromatic carbocycles. The van der Waals surface area contributed by atoms with E-state index in [1.165, 1.54) is 18.4 Å². The smallest absolute Gasteiger partial charge is 0.289 e. The molecule has 0 aliphatic carbocycles. The van der Waals surface area contributed by atoms with Crippen LogP contribution in [0.15, 0.2) is 27.8 Å². The summed E-state index contributed by atoms with van der Waals surface area (Å²) in [6.45, 7) is 3.79. The Morgan fingerprint density at radius 3 is 2.56 bits per heavy atom. The van der Waals surface area contributed by atoms with Crippen LogP contribution in [0, 0.1) is 0 Å². The number of hydrogen-bond donors (Lipinski definition) is 1. The molecule has 9 heteroatoms. The Morgan fingerprint density at radius 2 is 2.04 bits per heavy atom. The Hall–Kier alpha value is -0.940. The molecule has 7 nitrogen and oxygen atoms in total. The van der Waals surface area contributed by atoms with Crippen molar-refractivity contribution in [3.8, 4) is 0 Å². The molecule has 27 heavy (non-hydrogen) atoms. The first kappa shape index (κ1) is 22.4. The number of halogens is 1. The summed E-state index contributed by atoms with van der Waals surface area (Å²) in [4.78, 5) is 23.3. The number of rotatable bonds is 4. The van der Waals surface area contributed by atoms with E-state index in [-0.39, 0.29) is 35.4 Å². The molecule has 0 radical (unpaired) electrons. The summed E-state index contributed by atoms with van der Waals surface area (Å²) in [5.74, 6) is 3.66. The van der Waals surface area contributed by atoms with Gasteiger partial charge in [-0.2, -0.15) is 11.8 Å². The standard InChI is InChI=1S/C18H29N5O2S.HI/c1-19-17(20-13-18(21(2)3)6-12-26-14-18)23-9-7-22(8-10-23)16(24)15-5-4-11-25-15;/h4-5,11H,6-10,12-14H2,1-3H3,(H,19,20);1H. The normalized spacial score (nSPS) is 23.5. The number of carbonyl (C=O) groups is 1. The molecular formula is C18H30IN5O2S. The lowest BCUT2D eigenvalue weighted by Gasteiger charge is -2.39. The Kier molecular flexibility index (Phi) is 8.29. The van der Waals surface area contributed by atoms with E-state index < -0.39 is 0 Å². The summed E-state index contributed by atoms with van der Waals surface area (Å²) >= 11 is 2.02. The van der Waals surface area contributed by atoms with Gasteiger partial charge in [-0.1, -0.05) is 0 Å². The van der Waals surface area contributed by atoms with Gasteiger partial charge in [-0.05, 0) is 38.4 Å². The van der Waals surface area contributed by atoms with Crippen molar-refractivity contribution in [3.63, 3.8) is 0 Å². The van der Waals surface area contributed by atoms with Gasteiger partial charge >= 0.3 is 0 Å². The molecule has 3 heterocycles. The Morgan fingerprint density at radius 1 is 1.33 bits per heavy atom. The summed E-state index contributed by atoms with van der Waals surface area (Å²) in [7, 11) is 6.15. The molecule has 0 bridgehead atoms. The predicted molar refractivity (Wildman–Crippen MR) is 121 cm³/mol. The number of amides is 1. The molecule has 1 unspecified atom stereocenters. The van der Waals surface area contributed by atoms with E-state index in [9.17, 15) is 4.79 Å². The van der Waals surface area contributed by atoms with Gasteiger partial charge in [-0.15, -0.1) is 24.0 Å². The van der Waals surface area contributed by atoms with Crippen LogP contribution in [0.4, 0.5) is 0 Å². The largest absolute Gasteiger partial charge is 0.459 e. The van der Waals surface area contributed by atoms with Gasteiger partial charge in [0.15, 0.2) is 11.7 Å². The van der Waals surface area contributed by atoms with Crippen molar-refractivity contribution >= 4 is 47.6 Å². The molecule has 2 aliphatic heterocycles. The fraction of sp³-hybridized carbons (Fsp3) is 0.667. The first-order valence-corrected chi connectivity index (χ1v) is 10.2. The van der Waals surface area contributed by atoms with Crippen LogP contribution in [0.1, 0.15) is 17.0 Å². The lowest BCUT2D eigenvalue weighted by Crippen LogP contribution is -2.58. The highest BCUT2D eigenvalue weighted by Gasteiger charge is 2.37. The third-order valence-corrected chi connectivity index (χ3v) is 6.65. The topological polar surface area (TPSA) is 64.3 Å². The van der Waals surface area contributed by atoms with Crippen LogP contribution in [-0.2, 0) is 0 Å². The molecule has 1 atom stereocenters. The van der Waals surface area contributed by atoms with Gasteiger partial charge in [-0.25, -0.2) is 0 Å². The van der Waals surface area contributed by atoms with Crippen LogP contribution in [0.5, 0.6) is 0 Å². The molecule has 1 amide bonds. The molecule has 0 saturated carbocycles. The fourth-order valence-corrected chi connectivity index (χ4v) is 5.05. The van der Waals surface area contributed by atoms with Crippen molar-refractivity contribution in [2.24, 2.45) is 4.99 Å². The lowest BCUT2D eigenvalue weighted by atomic mass is 9.97. The predicted octanol–water partition coefficient (Wildman–Crippen LogP) is 1.67. The van der Waals surface area contributed by atoms with Crippen molar-refractivity contribution in [3.05, 3.63) is 24.2 Å². The highest BCUT2D eigenvalue weighted by molar-refractivity contribution is 14.0. The maximum absolute atomic E-state index is 12.4. The minimum absolute atomic E-state index is 0. The SMILES string of the molecule is CN=C(NCC1(N(C)C)CCSC1)N1CCN(C(=O)c2ccco2)CC1.I. The lowest BCUT2D eigenvalue weighted by molar-refractivity contribution is 0.0657. The molecule has 1 aromatic rings. The average molecular weight is 507 g/mol. The van der Waals surface area contributed by atoms with E-state index in [4.69, 9.17) is 4.42 Å². The molecule has 2 saturated heterocycles. The Bertz CT molecular complexity index is 624. The van der Waals surface area contributed by atoms with Crippen LogP contribution in [0.25, 0.3) is 0 Å². The first-order valence-electron chi connectivity index (χ1n) is 9.09. The van der Waals surface area contributed by atoms with Gasteiger partial charge in [0.05, 0.1) is 6.26 Å². The number of nitrogens with zero attached hydrogens (tertiary/aromatic N) is 4. The minimum atomic E-state index is -0.0351. The quantitative estimate of drug-likeness (QED) is 0.380. The second kappa shape index (κ2) is 10.0. The molecule has 1 aromatic heterocycles. The highest BCUT2D eigenvalue weighted by atomic mass is 127. The van der Waals surface area contributed by atoms with Crippen LogP contribution in [0.3, 0.4) is 0 Å². The fourth-order valence-electron chi connectivity index (χ4n) is 3.50. The van der Waals surface area contributed by atoms with Crippen LogP contribution >= 0.6 is 35.7 Å². The van der Waals surface area contributed by atoms with Crippen LogP contribution in [0.2, 0.25) is 0 Å². The second-order valence-electron chi connectivity index (χ2n) is 7.08. The number of aliphatic imine (C=N–C) groups is 1. The zero-order valence-corrected chi connectivity index (χ0v) is 19.5. The molecular weight excluding hydrogens is 477 g/mol. The maximum Gasteiger partial charge on any atom is 0.289 e. The highest BCUT2D eigenvalue weighted by Crippen LogP contribution is 2.31. The molecule has 2 aliphatic rings. The van der Waals surface area contributed by atoms with E-state index in [1.54, 1.807) is 12.1 Å². The minimum Gasteiger partial charge on any atom is -0.459 e. The maximum atomic E-state index is 12.4. The van der Waals surface area contributed by atoms with Crippen LogP contribution in [-0.4, -0.2) is 97.5 Å². The molecule has 1 N–H and O–H groups in total. The summed E-state index contributed by atoms with van der Waals surface area (Å²) in [6.07, 6.45) is 2.73.